The number of rotatable bonds is 3. The molecule has 1 heterocycles. The van der Waals surface area contributed by atoms with Crippen molar-refractivity contribution in [3.8, 4) is 0 Å². The Kier molecular flexibility index (Phi) is 4.53. The summed E-state index contributed by atoms with van der Waals surface area (Å²) in [4.78, 5) is 14.3. The zero-order chi connectivity index (χ0) is 15.6. The average Bonchev–Trinajstić information content (AvgIpc) is 2.92. The smallest absolute Gasteiger partial charge is 0.314 e. The second kappa shape index (κ2) is 6.41. The number of hydrogen-bond donors (Lipinski definition) is 1. The van der Waals surface area contributed by atoms with E-state index in [4.69, 9.17) is 0 Å². The molecule has 1 N–H and O–H groups in total. The Morgan fingerprint density at radius 1 is 1.18 bits per heavy atom. The lowest BCUT2D eigenvalue weighted by Crippen LogP contribution is -2.32. The van der Waals surface area contributed by atoms with Crippen molar-refractivity contribution in [1.29, 1.82) is 0 Å². The zero-order valence-electron chi connectivity index (χ0n) is 13.6. The summed E-state index contributed by atoms with van der Waals surface area (Å²) in [6.07, 6.45) is 7.28. The largest absolute Gasteiger partial charge is 0.481 e. The maximum atomic E-state index is 11.9. The van der Waals surface area contributed by atoms with Gasteiger partial charge in [0.15, 0.2) is 0 Å². The molecule has 2 aliphatic rings. The molecule has 0 radical (unpaired) electrons. The van der Waals surface area contributed by atoms with E-state index in [0.29, 0.717) is 5.92 Å². The molecule has 0 bridgehead atoms. The summed E-state index contributed by atoms with van der Waals surface area (Å²) >= 11 is 0. The first-order valence-electron chi connectivity index (χ1n) is 8.64. The van der Waals surface area contributed by atoms with Crippen molar-refractivity contribution in [1.82, 2.24) is 4.90 Å². The predicted octanol–water partition coefficient (Wildman–Crippen LogP) is 3.78. The van der Waals surface area contributed by atoms with Gasteiger partial charge >= 0.3 is 5.97 Å². The molecule has 0 aromatic heterocycles. The predicted molar refractivity (Wildman–Crippen MR) is 88.3 cm³/mol. The van der Waals surface area contributed by atoms with Crippen LogP contribution < -0.4 is 0 Å². The molecule has 1 aromatic rings. The van der Waals surface area contributed by atoms with Gasteiger partial charge in [-0.2, -0.15) is 0 Å². The van der Waals surface area contributed by atoms with Crippen molar-refractivity contribution in [3.63, 3.8) is 0 Å². The van der Waals surface area contributed by atoms with E-state index in [-0.39, 0.29) is 0 Å². The molecular formula is C19H27NO2. The molecule has 3 heteroatoms. The lowest BCUT2D eigenvalue weighted by Gasteiger charge is -2.26. The SMILES string of the molecule is CN1CCCC(c2cccc(C3(C(=O)O)CCCC3)c2)CC1. The number of carbonyl (C=O) groups is 1. The molecular weight excluding hydrogens is 274 g/mol. The van der Waals surface area contributed by atoms with E-state index in [9.17, 15) is 9.90 Å². The number of benzene rings is 1. The molecule has 0 amide bonds. The fourth-order valence-electron chi connectivity index (χ4n) is 4.27. The van der Waals surface area contributed by atoms with Crippen molar-refractivity contribution < 1.29 is 9.90 Å². The van der Waals surface area contributed by atoms with Crippen LogP contribution in [0.5, 0.6) is 0 Å². The minimum absolute atomic E-state index is 0.581. The van der Waals surface area contributed by atoms with E-state index in [1.54, 1.807) is 0 Å². The third-order valence-electron chi connectivity index (χ3n) is 5.73. The summed E-state index contributed by atoms with van der Waals surface area (Å²) in [6, 6.07) is 8.51. The van der Waals surface area contributed by atoms with Gasteiger partial charge in [-0.05, 0) is 69.3 Å². The molecule has 1 aromatic carbocycles. The zero-order valence-corrected chi connectivity index (χ0v) is 13.6. The second-order valence-corrected chi connectivity index (χ2v) is 7.15. The van der Waals surface area contributed by atoms with Crippen LogP contribution in [-0.2, 0) is 10.2 Å². The molecule has 1 unspecified atom stereocenters. The minimum Gasteiger partial charge on any atom is -0.481 e. The van der Waals surface area contributed by atoms with Crippen LogP contribution in [0.1, 0.15) is 62.0 Å². The Hall–Kier alpha value is -1.35. The van der Waals surface area contributed by atoms with Crippen molar-refractivity contribution in [2.24, 2.45) is 0 Å². The van der Waals surface area contributed by atoms with Crippen molar-refractivity contribution >= 4 is 5.97 Å². The number of carboxylic acids is 1. The summed E-state index contributed by atoms with van der Waals surface area (Å²) in [7, 11) is 2.19. The van der Waals surface area contributed by atoms with Gasteiger partial charge in [0.2, 0.25) is 0 Å². The summed E-state index contributed by atoms with van der Waals surface area (Å²) in [5.74, 6) is -0.0557. The Labute approximate surface area is 133 Å². The molecule has 1 saturated heterocycles. The number of hydrogen-bond acceptors (Lipinski definition) is 2. The lowest BCUT2D eigenvalue weighted by atomic mass is 9.77. The van der Waals surface area contributed by atoms with Crippen molar-refractivity contribution in [2.75, 3.05) is 20.1 Å². The Morgan fingerprint density at radius 2 is 1.95 bits per heavy atom. The van der Waals surface area contributed by atoms with Crippen LogP contribution in [0.2, 0.25) is 0 Å². The Balaban J connectivity index is 1.87. The Morgan fingerprint density at radius 3 is 2.68 bits per heavy atom. The molecule has 3 nitrogen and oxygen atoms in total. The van der Waals surface area contributed by atoms with Gasteiger partial charge in [0.05, 0.1) is 5.41 Å². The first-order valence-corrected chi connectivity index (χ1v) is 8.64. The van der Waals surface area contributed by atoms with Crippen LogP contribution in [0, 0.1) is 0 Å². The molecule has 0 spiro atoms. The van der Waals surface area contributed by atoms with E-state index in [1.165, 1.54) is 31.4 Å². The molecule has 1 aliphatic heterocycles. The second-order valence-electron chi connectivity index (χ2n) is 7.15. The first kappa shape index (κ1) is 15.5. The molecule has 1 saturated carbocycles. The van der Waals surface area contributed by atoms with E-state index < -0.39 is 11.4 Å². The van der Waals surface area contributed by atoms with Gasteiger partial charge < -0.3 is 10.0 Å². The van der Waals surface area contributed by atoms with Crippen LogP contribution in [0.4, 0.5) is 0 Å². The van der Waals surface area contributed by atoms with Gasteiger partial charge in [0.1, 0.15) is 0 Å². The van der Waals surface area contributed by atoms with Gasteiger partial charge in [0, 0.05) is 0 Å². The van der Waals surface area contributed by atoms with E-state index in [1.807, 2.05) is 6.07 Å². The number of aliphatic carboxylic acids is 1. The van der Waals surface area contributed by atoms with E-state index in [0.717, 1.165) is 37.8 Å². The monoisotopic (exact) mass is 301 g/mol. The maximum absolute atomic E-state index is 11.9. The maximum Gasteiger partial charge on any atom is 0.314 e. The van der Waals surface area contributed by atoms with Crippen LogP contribution in [-0.4, -0.2) is 36.1 Å². The molecule has 22 heavy (non-hydrogen) atoms. The molecule has 3 rings (SSSR count). The highest BCUT2D eigenvalue weighted by Crippen LogP contribution is 2.42. The molecule has 120 valence electrons. The van der Waals surface area contributed by atoms with E-state index in [2.05, 4.69) is 30.1 Å². The summed E-state index contributed by atoms with van der Waals surface area (Å²) < 4.78 is 0. The van der Waals surface area contributed by atoms with Gasteiger partial charge in [0.25, 0.3) is 0 Å². The number of nitrogens with zero attached hydrogens (tertiary/aromatic N) is 1. The van der Waals surface area contributed by atoms with Gasteiger partial charge in [-0.3, -0.25) is 4.79 Å². The third kappa shape index (κ3) is 2.91. The summed E-state index contributed by atoms with van der Waals surface area (Å²) in [6.45, 7) is 2.31. The Bertz CT molecular complexity index is 534. The normalized spacial score (nSPS) is 25.8. The van der Waals surface area contributed by atoms with Gasteiger partial charge in [-0.15, -0.1) is 0 Å². The van der Waals surface area contributed by atoms with Gasteiger partial charge in [-0.1, -0.05) is 37.1 Å². The molecule has 2 fully saturated rings. The van der Waals surface area contributed by atoms with Crippen LogP contribution in [0.3, 0.4) is 0 Å². The third-order valence-corrected chi connectivity index (χ3v) is 5.73. The quantitative estimate of drug-likeness (QED) is 0.923. The minimum atomic E-state index is -0.636. The fraction of sp³-hybridized carbons (Fsp3) is 0.632. The summed E-state index contributed by atoms with van der Waals surface area (Å²) in [5.41, 5.74) is 1.75. The lowest BCUT2D eigenvalue weighted by molar-refractivity contribution is -0.143. The van der Waals surface area contributed by atoms with Crippen LogP contribution in [0.25, 0.3) is 0 Å². The molecule has 1 aliphatic carbocycles. The highest BCUT2D eigenvalue weighted by Gasteiger charge is 2.43. The highest BCUT2D eigenvalue weighted by atomic mass is 16.4. The first-order chi connectivity index (χ1) is 10.6. The van der Waals surface area contributed by atoms with Crippen molar-refractivity contribution in [3.05, 3.63) is 35.4 Å². The highest BCUT2D eigenvalue weighted by molar-refractivity contribution is 5.81. The molecule has 1 atom stereocenters. The van der Waals surface area contributed by atoms with Crippen LogP contribution in [0.15, 0.2) is 24.3 Å². The number of likely N-dealkylation sites (tertiary alicyclic amines) is 1. The van der Waals surface area contributed by atoms with E-state index >= 15 is 0 Å². The van der Waals surface area contributed by atoms with Crippen molar-refractivity contribution in [2.45, 2.75) is 56.3 Å². The average molecular weight is 301 g/mol. The summed E-state index contributed by atoms with van der Waals surface area (Å²) in [5, 5.41) is 9.79. The fourth-order valence-corrected chi connectivity index (χ4v) is 4.27. The number of carboxylic acid groups (broad SMARTS) is 1. The topological polar surface area (TPSA) is 40.5 Å². The standard InChI is InChI=1S/C19H27NO2/c1-20-12-5-7-15(9-13-20)16-6-4-8-17(14-16)19(18(21)22)10-2-3-11-19/h4,6,8,14-15H,2-3,5,7,9-13H2,1H3,(H,21,22). The van der Waals surface area contributed by atoms with Crippen LogP contribution >= 0.6 is 0 Å². The van der Waals surface area contributed by atoms with Gasteiger partial charge in [-0.25, -0.2) is 0 Å².